The lowest BCUT2D eigenvalue weighted by Gasteiger charge is -2.28. The first-order valence-electron chi connectivity index (χ1n) is 9.45. The molecule has 1 aromatic heterocycles. The van der Waals surface area contributed by atoms with Gasteiger partial charge in [-0.05, 0) is 24.3 Å². The zero-order valence-corrected chi connectivity index (χ0v) is 15.9. The van der Waals surface area contributed by atoms with E-state index in [2.05, 4.69) is 10.4 Å². The molecule has 0 bridgehead atoms. The number of nitrogens with zero attached hydrogens (tertiary/aromatic N) is 3. The van der Waals surface area contributed by atoms with Crippen molar-refractivity contribution in [3.05, 3.63) is 65.5 Å². The lowest BCUT2D eigenvalue weighted by atomic mass is 10.1. The summed E-state index contributed by atoms with van der Waals surface area (Å²) in [5.41, 5.74) is 2.70. The van der Waals surface area contributed by atoms with Crippen molar-refractivity contribution in [2.45, 2.75) is 13.0 Å². The Morgan fingerprint density at radius 3 is 2.67 bits per heavy atom. The number of carboxylic acid groups (broad SMARTS) is 1. The largest absolute Gasteiger partial charge is 0.476 e. The van der Waals surface area contributed by atoms with E-state index in [9.17, 15) is 14.7 Å². The molecule has 9 nitrogen and oxygen atoms in total. The topological polar surface area (TPSA) is 106 Å². The second-order valence-electron chi connectivity index (χ2n) is 7.00. The fraction of sp³-hybridized carbons (Fsp3) is 0.190. The fourth-order valence-electron chi connectivity index (χ4n) is 3.72. The van der Waals surface area contributed by atoms with E-state index in [0.717, 1.165) is 11.4 Å². The van der Waals surface area contributed by atoms with Gasteiger partial charge < -0.3 is 24.8 Å². The third kappa shape index (κ3) is 3.10. The molecule has 2 N–H and O–H groups in total. The van der Waals surface area contributed by atoms with Crippen LogP contribution in [0.2, 0.25) is 0 Å². The number of benzene rings is 2. The highest BCUT2D eigenvalue weighted by Gasteiger charge is 2.30. The number of urea groups is 1. The average molecular weight is 406 g/mol. The molecule has 3 heterocycles. The van der Waals surface area contributed by atoms with E-state index in [4.69, 9.17) is 9.47 Å². The first-order valence-corrected chi connectivity index (χ1v) is 9.45. The lowest BCUT2D eigenvalue weighted by molar-refractivity contribution is 0.0687. The molecule has 5 rings (SSSR count). The summed E-state index contributed by atoms with van der Waals surface area (Å²) >= 11 is 0. The first-order chi connectivity index (χ1) is 14.6. The molecule has 2 aromatic carbocycles. The van der Waals surface area contributed by atoms with Gasteiger partial charge in [0.25, 0.3) is 0 Å². The molecule has 0 unspecified atom stereocenters. The Hall–Kier alpha value is -4.01. The van der Waals surface area contributed by atoms with Gasteiger partial charge in [-0.2, -0.15) is 5.10 Å². The number of amides is 2. The second-order valence-corrected chi connectivity index (χ2v) is 7.00. The van der Waals surface area contributed by atoms with Crippen molar-refractivity contribution in [2.24, 2.45) is 0 Å². The van der Waals surface area contributed by atoms with Crippen LogP contribution in [0.25, 0.3) is 5.69 Å². The van der Waals surface area contributed by atoms with Gasteiger partial charge in [-0.25, -0.2) is 14.3 Å². The van der Waals surface area contributed by atoms with E-state index in [1.54, 1.807) is 27.8 Å². The number of para-hydroxylation sites is 1. The van der Waals surface area contributed by atoms with Gasteiger partial charge >= 0.3 is 12.0 Å². The molecule has 0 radical (unpaired) electrons. The van der Waals surface area contributed by atoms with E-state index < -0.39 is 5.97 Å². The molecular formula is C21H18N4O5. The van der Waals surface area contributed by atoms with Crippen molar-refractivity contribution < 1.29 is 24.2 Å². The minimum Gasteiger partial charge on any atom is -0.476 e. The smallest absolute Gasteiger partial charge is 0.356 e. The number of aromatic carboxylic acids is 1. The molecular weight excluding hydrogens is 388 g/mol. The van der Waals surface area contributed by atoms with Gasteiger partial charge in [-0.3, -0.25) is 0 Å². The maximum Gasteiger partial charge on any atom is 0.356 e. The summed E-state index contributed by atoms with van der Waals surface area (Å²) < 4.78 is 12.3. The van der Waals surface area contributed by atoms with Crippen LogP contribution in [0.5, 0.6) is 11.5 Å². The molecule has 2 amide bonds. The molecule has 2 aliphatic rings. The molecule has 0 fully saturated rings. The Morgan fingerprint density at radius 1 is 1.07 bits per heavy atom. The Balaban J connectivity index is 1.40. The molecule has 0 spiro atoms. The number of nitrogens with one attached hydrogen (secondary N) is 1. The van der Waals surface area contributed by atoms with Crippen LogP contribution < -0.4 is 14.8 Å². The molecule has 0 saturated carbocycles. The maximum absolute atomic E-state index is 12.8. The number of carbonyl (C=O) groups excluding carboxylic acids is 1. The predicted octanol–water partition coefficient (Wildman–Crippen LogP) is 2.89. The summed E-state index contributed by atoms with van der Waals surface area (Å²) in [4.78, 5) is 26.2. The SMILES string of the molecule is O=C(O)c1nn(-c2ccccc2)c2c1CN(C(=O)Nc1ccc3c(c1)OCO3)CC2. The third-order valence-corrected chi connectivity index (χ3v) is 5.17. The van der Waals surface area contributed by atoms with Gasteiger partial charge in [0.1, 0.15) is 0 Å². The number of anilines is 1. The summed E-state index contributed by atoms with van der Waals surface area (Å²) in [5, 5.41) is 16.8. The van der Waals surface area contributed by atoms with E-state index in [1.807, 2.05) is 30.3 Å². The predicted molar refractivity (Wildman–Crippen MR) is 106 cm³/mol. The fourth-order valence-corrected chi connectivity index (χ4v) is 3.72. The quantitative estimate of drug-likeness (QED) is 0.693. The Labute approximate surface area is 171 Å². The Morgan fingerprint density at radius 2 is 1.87 bits per heavy atom. The average Bonchev–Trinajstić information content (AvgIpc) is 3.38. The maximum atomic E-state index is 12.8. The molecule has 152 valence electrons. The van der Waals surface area contributed by atoms with Gasteiger partial charge in [0.15, 0.2) is 17.2 Å². The van der Waals surface area contributed by atoms with Crippen LogP contribution in [0.3, 0.4) is 0 Å². The van der Waals surface area contributed by atoms with E-state index in [-0.39, 0.29) is 25.1 Å². The number of aromatic nitrogens is 2. The highest BCUT2D eigenvalue weighted by molar-refractivity contribution is 5.91. The number of hydrogen-bond donors (Lipinski definition) is 2. The number of fused-ring (bicyclic) bond motifs is 2. The molecule has 3 aromatic rings. The highest BCUT2D eigenvalue weighted by atomic mass is 16.7. The summed E-state index contributed by atoms with van der Waals surface area (Å²) in [5.74, 6) is 0.0973. The van der Waals surface area contributed by atoms with Crippen LogP contribution >= 0.6 is 0 Å². The van der Waals surface area contributed by atoms with Gasteiger partial charge in [0.05, 0.1) is 17.9 Å². The standard InChI is InChI=1S/C21H18N4O5/c26-20(27)19-15-11-24(9-8-16(15)25(23-19)14-4-2-1-3-5-14)21(28)22-13-6-7-17-18(10-13)30-12-29-17/h1-7,10H,8-9,11-12H2,(H,22,28)(H,26,27). The monoisotopic (exact) mass is 406 g/mol. The first kappa shape index (κ1) is 18.0. The van der Waals surface area contributed by atoms with Crippen molar-refractivity contribution in [3.8, 4) is 17.2 Å². The molecule has 9 heteroatoms. The van der Waals surface area contributed by atoms with Crippen LogP contribution in [0.15, 0.2) is 48.5 Å². The minimum absolute atomic E-state index is 0.0329. The van der Waals surface area contributed by atoms with Crippen molar-refractivity contribution in [3.63, 3.8) is 0 Å². The number of ether oxygens (including phenoxy) is 2. The highest BCUT2D eigenvalue weighted by Crippen LogP contribution is 2.34. The summed E-state index contributed by atoms with van der Waals surface area (Å²) in [7, 11) is 0. The van der Waals surface area contributed by atoms with Crippen molar-refractivity contribution in [1.82, 2.24) is 14.7 Å². The van der Waals surface area contributed by atoms with Crippen LogP contribution in [0, 0.1) is 0 Å². The van der Waals surface area contributed by atoms with Crippen LogP contribution in [-0.2, 0) is 13.0 Å². The molecule has 30 heavy (non-hydrogen) atoms. The van der Waals surface area contributed by atoms with Crippen LogP contribution in [0.1, 0.15) is 21.7 Å². The Kier molecular flexibility index (Phi) is 4.27. The summed E-state index contributed by atoms with van der Waals surface area (Å²) in [6.07, 6.45) is 0.499. The van der Waals surface area contributed by atoms with Crippen molar-refractivity contribution in [1.29, 1.82) is 0 Å². The third-order valence-electron chi connectivity index (χ3n) is 5.17. The van der Waals surface area contributed by atoms with Crippen LogP contribution in [0.4, 0.5) is 10.5 Å². The number of rotatable bonds is 3. The van der Waals surface area contributed by atoms with Crippen LogP contribution in [-0.4, -0.2) is 45.1 Å². The van der Waals surface area contributed by atoms with Gasteiger partial charge in [0.2, 0.25) is 6.79 Å². The number of carboxylic acids is 1. The number of carbonyl (C=O) groups is 2. The summed E-state index contributed by atoms with van der Waals surface area (Å²) in [6.45, 7) is 0.770. The van der Waals surface area contributed by atoms with Crippen molar-refractivity contribution >= 4 is 17.7 Å². The lowest BCUT2D eigenvalue weighted by Crippen LogP contribution is -2.39. The molecule has 2 aliphatic heterocycles. The van der Waals surface area contributed by atoms with Crippen molar-refractivity contribution in [2.75, 3.05) is 18.7 Å². The zero-order chi connectivity index (χ0) is 20.7. The van der Waals surface area contributed by atoms with E-state index in [0.29, 0.717) is 35.7 Å². The molecule has 0 saturated heterocycles. The molecule has 0 atom stereocenters. The van der Waals surface area contributed by atoms with Gasteiger partial charge in [-0.15, -0.1) is 0 Å². The normalized spacial score (nSPS) is 14.3. The Bertz CT molecular complexity index is 1140. The molecule has 0 aliphatic carbocycles. The zero-order valence-electron chi connectivity index (χ0n) is 15.9. The second kappa shape index (κ2) is 7.11. The number of hydrogen-bond acceptors (Lipinski definition) is 5. The summed E-state index contributed by atoms with van der Waals surface area (Å²) in [6, 6.07) is 14.2. The van der Waals surface area contributed by atoms with Gasteiger partial charge in [0, 0.05) is 30.3 Å². The van der Waals surface area contributed by atoms with E-state index in [1.165, 1.54) is 0 Å². The minimum atomic E-state index is -1.11. The van der Waals surface area contributed by atoms with E-state index >= 15 is 0 Å². The van der Waals surface area contributed by atoms with Gasteiger partial charge in [-0.1, -0.05) is 18.2 Å².